The number of nitrogens with zero attached hydrogens (tertiary/aromatic N) is 1. The highest BCUT2D eigenvalue weighted by Crippen LogP contribution is 2.09. The molecule has 4 heteroatoms. The topological polar surface area (TPSA) is 49.4 Å². The first-order chi connectivity index (χ1) is 5.25. The number of carbonyl (C=O) groups is 2. The van der Waals surface area contributed by atoms with Crippen LogP contribution in [0.4, 0.5) is 4.79 Å². The number of nitrogens with one attached hydrogen (secondary N) is 1. The number of likely N-dealkylation sites (tertiary alicyclic amines) is 1. The van der Waals surface area contributed by atoms with Gasteiger partial charge >= 0.3 is 6.03 Å². The molecule has 1 heterocycles. The molecule has 1 aliphatic rings. The molecule has 11 heavy (non-hydrogen) atoms. The Morgan fingerprint density at radius 1 is 1.55 bits per heavy atom. The van der Waals surface area contributed by atoms with Crippen molar-refractivity contribution in [2.24, 2.45) is 0 Å². The summed E-state index contributed by atoms with van der Waals surface area (Å²) in [6.45, 7) is 0.568. The fourth-order valence-corrected chi connectivity index (χ4v) is 1.16. The number of imide groups is 1. The van der Waals surface area contributed by atoms with E-state index >= 15 is 0 Å². The predicted octanol–water partition coefficient (Wildman–Crippen LogP) is 0.338. The summed E-state index contributed by atoms with van der Waals surface area (Å²) >= 11 is 0. The van der Waals surface area contributed by atoms with E-state index in [1.807, 2.05) is 0 Å². The Bertz CT molecular complexity index is 171. The van der Waals surface area contributed by atoms with Crippen molar-refractivity contribution in [1.82, 2.24) is 10.2 Å². The van der Waals surface area contributed by atoms with Gasteiger partial charge in [-0.3, -0.25) is 9.69 Å². The molecule has 4 nitrogen and oxygen atoms in total. The van der Waals surface area contributed by atoms with E-state index in [0.717, 1.165) is 12.8 Å². The maximum absolute atomic E-state index is 11.1. The van der Waals surface area contributed by atoms with E-state index in [1.165, 1.54) is 11.9 Å². The molecule has 0 aliphatic carbocycles. The van der Waals surface area contributed by atoms with Crippen molar-refractivity contribution in [2.45, 2.75) is 19.3 Å². The third-order valence-corrected chi connectivity index (χ3v) is 1.78. The smallest absolute Gasteiger partial charge is 0.323 e. The van der Waals surface area contributed by atoms with Gasteiger partial charge in [0.15, 0.2) is 0 Å². The first-order valence-electron chi connectivity index (χ1n) is 3.78. The van der Waals surface area contributed by atoms with Gasteiger partial charge in [0.2, 0.25) is 5.91 Å². The molecule has 0 radical (unpaired) electrons. The summed E-state index contributed by atoms with van der Waals surface area (Å²) in [5.41, 5.74) is 0. The molecule has 3 amide bonds. The van der Waals surface area contributed by atoms with Gasteiger partial charge in [0.1, 0.15) is 0 Å². The molecule has 0 unspecified atom stereocenters. The zero-order chi connectivity index (χ0) is 8.27. The zero-order valence-corrected chi connectivity index (χ0v) is 6.59. The number of urea groups is 1. The van der Waals surface area contributed by atoms with E-state index in [2.05, 4.69) is 5.32 Å². The zero-order valence-electron chi connectivity index (χ0n) is 6.59. The van der Waals surface area contributed by atoms with Crippen molar-refractivity contribution in [3.05, 3.63) is 0 Å². The minimum atomic E-state index is -0.283. The van der Waals surface area contributed by atoms with Crippen LogP contribution in [0.5, 0.6) is 0 Å². The maximum Gasteiger partial charge on any atom is 0.323 e. The van der Waals surface area contributed by atoms with Gasteiger partial charge in [0, 0.05) is 20.0 Å². The van der Waals surface area contributed by atoms with E-state index in [9.17, 15) is 9.59 Å². The normalized spacial score (nSPS) is 18.3. The quantitative estimate of drug-likeness (QED) is 0.549. The summed E-state index contributed by atoms with van der Waals surface area (Å²) < 4.78 is 0. The Morgan fingerprint density at radius 2 is 2.27 bits per heavy atom. The lowest BCUT2D eigenvalue weighted by Gasteiger charge is -2.23. The van der Waals surface area contributed by atoms with Crippen LogP contribution in [0.1, 0.15) is 19.3 Å². The van der Waals surface area contributed by atoms with Crippen LogP contribution in [0, 0.1) is 0 Å². The highest BCUT2D eigenvalue weighted by molar-refractivity contribution is 5.94. The molecule has 0 aromatic carbocycles. The molecule has 1 saturated heterocycles. The van der Waals surface area contributed by atoms with Gasteiger partial charge in [-0.05, 0) is 12.8 Å². The second-order valence-electron chi connectivity index (χ2n) is 2.56. The lowest BCUT2D eigenvalue weighted by molar-refractivity contribution is -0.130. The molecular weight excluding hydrogens is 144 g/mol. The lowest BCUT2D eigenvalue weighted by Crippen LogP contribution is -2.44. The largest absolute Gasteiger partial charge is 0.341 e. The molecule has 0 saturated carbocycles. The third-order valence-electron chi connectivity index (χ3n) is 1.78. The lowest BCUT2D eigenvalue weighted by atomic mass is 10.1. The van der Waals surface area contributed by atoms with Gasteiger partial charge < -0.3 is 5.32 Å². The van der Waals surface area contributed by atoms with E-state index in [0.29, 0.717) is 13.0 Å². The Balaban J connectivity index is 2.54. The Hall–Kier alpha value is -1.06. The molecule has 0 bridgehead atoms. The summed E-state index contributed by atoms with van der Waals surface area (Å²) in [5.74, 6) is -0.0596. The van der Waals surface area contributed by atoms with Crippen LogP contribution in [0.3, 0.4) is 0 Å². The summed E-state index contributed by atoms with van der Waals surface area (Å²) in [7, 11) is 1.53. The van der Waals surface area contributed by atoms with Crippen LogP contribution in [0.25, 0.3) is 0 Å². The molecule has 1 N–H and O–H groups in total. The van der Waals surface area contributed by atoms with Crippen LogP contribution >= 0.6 is 0 Å². The number of piperidine rings is 1. The second kappa shape index (κ2) is 3.37. The van der Waals surface area contributed by atoms with Crippen molar-refractivity contribution in [3.8, 4) is 0 Å². The van der Waals surface area contributed by atoms with Crippen LogP contribution in [0.15, 0.2) is 0 Å². The predicted molar refractivity (Wildman–Crippen MR) is 40.0 cm³/mol. The molecule has 0 atom stereocenters. The van der Waals surface area contributed by atoms with Crippen molar-refractivity contribution >= 4 is 11.9 Å². The van der Waals surface area contributed by atoms with Gasteiger partial charge in [0.25, 0.3) is 0 Å². The minimum absolute atomic E-state index is 0.0596. The van der Waals surface area contributed by atoms with Gasteiger partial charge in [-0.15, -0.1) is 0 Å². The maximum atomic E-state index is 11.1. The Kier molecular flexibility index (Phi) is 2.46. The summed E-state index contributed by atoms with van der Waals surface area (Å²) in [6.07, 6.45) is 2.35. The van der Waals surface area contributed by atoms with Crippen LogP contribution < -0.4 is 5.32 Å². The van der Waals surface area contributed by atoms with Gasteiger partial charge in [0.05, 0.1) is 0 Å². The van der Waals surface area contributed by atoms with Gasteiger partial charge in [-0.2, -0.15) is 0 Å². The summed E-state index contributed by atoms with van der Waals surface area (Å²) in [5, 5.41) is 2.43. The van der Waals surface area contributed by atoms with E-state index in [1.54, 1.807) is 0 Å². The van der Waals surface area contributed by atoms with Crippen LogP contribution in [-0.2, 0) is 4.79 Å². The van der Waals surface area contributed by atoms with Crippen molar-refractivity contribution < 1.29 is 9.59 Å². The Morgan fingerprint density at radius 3 is 2.82 bits per heavy atom. The van der Waals surface area contributed by atoms with Gasteiger partial charge in [-0.1, -0.05) is 0 Å². The monoisotopic (exact) mass is 156 g/mol. The standard InChI is InChI=1S/C7H12N2O2/c1-8-7(11)9-5-3-2-4-6(9)10/h2-5H2,1H3,(H,8,11). The first kappa shape index (κ1) is 8.04. The van der Waals surface area contributed by atoms with Crippen molar-refractivity contribution in [2.75, 3.05) is 13.6 Å². The number of hydrogen-bond donors (Lipinski definition) is 1. The number of hydrogen-bond acceptors (Lipinski definition) is 2. The molecule has 1 rings (SSSR count). The first-order valence-corrected chi connectivity index (χ1v) is 3.78. The van der Waals surface area contributed by atoms with E-state index in [4.69, 9.17) is 0 Å². The fraction of sp³-hybridized carbons (Fsp3) is 0.714. The second-order valence-corrected chi connectivity index (χ2v) is 2.56. The van der Waals surface area contributed by atoms with E-state index in [-0.39, 0.29) is 11.9 Å². The third kappa shape index (κ3) is 1.69. The molecule has 1 aliphatic heterocycles. The average Bonchev–Trinajstić information content (AvgIpc) is 2.04. The number of rotatable bonds is 0. The van der Waals surface area contributed by atoms with Crippen molar-refractivity contribution in [3.63, 3.8) is 0 Å². The molecule has 0 aromatic rings. The van der Waals surface area contributed by atoms with E-state index < -0.39 is 0 Å². The Labute approximate surface area is 65.6 Å². The summed E-state index contributed by atoms with van der Waals surface area (Å²) in [4.78, 5) is 23.3. The highest BCUT2D eigenvalue weighted by Gasteiger charge is 2.22. The molecule has 62 valence electrons. The SMILES string of the molecule is CNC(=O)N1CCCCC1=O. The highest BCUT2D eigenvalue weighted by atomic mass is 16.2. The summed E-state index contributed by atoms with van der Waals surface area (Å²) in [6, 6.07) is -0.283. The van der Waals surface area contributed by atoms with Crippen LogP contribution in [-0.4, -0.2) is 30.4 Å². The minimum Gasteiger partial charge on any atom is -0.341 e. The molecule has 1 fully saturated rings. The van der Waals surface area contributed by atoms with Gasteiger partial charge in [-0.25, -0.2) is 4.79 Å². The number of amides is 3. The number of carbonyl (C=O) groups excluding carboxylic acids is 2. The van der Waals surface area contributed by atoms with Crippen LogP contribution in [0.2, 0.25) is 0 Å². The fourth-order valence-electron chi connectivity index (χ4n) is 1.16. The van der Waals surface area contributed by atoms with Crippen molar-refractivity contribution in [1.29, 1.82) is 0 Å². The molecular formula is C7H12N2O2. The molecule has 0 aromatic heterocycles. The molecule has 0 spiro atoms. The average molecular weight is 156 g/mol.